The van der Waals surface area contributed by atoms with Gasteiger partial charge in [0.15, 0.2) is 0 Å². The molecule has 2 heterocycles. The Kier molecular flexibility index (Phi) is 9.27. The monoisotopic (exact) mass is 559 g/mol. The predicted molar refractivity (Wildman–Crippen MR) is 157 cm³/mol. The molecule has 2 atom stereocenters. The lowest BCUT2D eigenvalue weighted by Crippen LogP contribution is -2.69. The number of nitrogens with zero attached hydrogens (tertiary/aromatic N) is 3. The average molecular weight is 560 g/mol. The van der Waals surface area contributed by atoms with Gasteiger partial charge in [-0.15, -0.1) is 0 Å². The smallest absolute Gasteiger partial charge is 0.254 e. The first kappa shape index (κ1) is 30.4. The maximum atomic E-state index is 13.9. The number of amides is 2. The van der Waals surface area contributed by atoms with Gasteiger partial charge in [-0.25, -0.2) is 0 Å². The standard InChI is InChI=1S/C33H41N3O5/c1-32(2,25-15-17-34-18-16-25)35(19-20-37)30(40)28-12-8-6-10-24(28)21-26(38)14-13-23-9-5-7-11-27(23)31(41)36-22-29(39)33(36,3)4/h5-12,15-18,26,29,37-39H,13-14,19-22H2,1-4H3. The average Bonchev–Trinajstić information content (AvgIpc) is 2.97. The number of aromatic nitrogens is 1. The minimum Gasteiger partial charge on any atom is -0.395 e. The molecule has 2 unspecified atom stereocenters. The largest absolute Gasteiger partial charge is 0.395 e. The van der Waals surface area contributed by atoms with Crippen molar-refractivity contribution in [2.24, 2.45) is 0 Å². The van der Waals surface area contributed by atoms with Gasteiger partial charge in [-0.2, -0.15) is 0 Å². The number of hydrogen-bond donors (Lipinski definition) is 3. The van der Waals surface area contributed by atoms with Gasteiger partial charge >= 0.3 is 0 Å². The molecular formula is C33H41N3O5. The molecule has 2 aromatic carbocycles. The van der Waals surface area contributed by atoms with E-state index in [9.17, 15) is 24.9 Å². The highest BCUT2D eigenvalue weighted by Crippen LogP contribution is 2.33. The van der Waals surface area contributed by atoms with Crippen LogP contribution in [0.4, 0.5) is 0 Å². The summed E-state index contributed by atoms with van der Waals surface area (Å²) in [6.45, 7) is 7.85. The molecule has 1 aromatic heterocycles. The number of carbonyl (C=O) groups excluding carboxylic acids is 2. The van der Waals surface area contributed by atoms with Crippen molar-refractivity contribution in [3.8, 4) is 0 Å². The van der Waals surface area contributed by atoms with Crippen LogP contribution in [0.1, 0.15) is 71.5 Å². The van der Waals surface area contributed by atoms with E-state index < -0.39 is 23.3 Å². The van der Waals surface area contributed by atoms with Crippen molar-refractivity contribution in [2.75, 3.05) is 19.7 Å². The summed E-state index contributed by atoms with van der Waals surface area (Å²) in [5, 5.41) is 31.0. The second-order valence-corrected chi connectivity index (χ2v) is 11.8. The Morgan fingerprint density at radius 1 is 1.02 bits per heavy atom. The predicted octanol–water partition coefficient (Wildman–Crippen LogP) is 3.58. The van der Waals surface area contributed by atoms with E-state index in [0.29, 0.717) is 30.5 Å². The summed E-state index contributed by atoms with van der Waals surface area (Å²) >= 11 is 0. The van der Waals surface area contributed by atoms with Crippen LogP contribution in [0.5, 0.6) is 0 Å². The van der Waals surface area contributed by atoms with E-state index in [1.807, 2.05) is 70.2 Å². The first-order chi connectivity index (χ1) is 19.5. The van der Waals surface area contributed by atoms with Crippen LogP contribution in [-0.4, -0.2) is 79.4 Å². The lowest BCUT2D eigenvalue weighted by atomic mass is 9.84. The van der Waals surface area contributed by atoms with Gasteiger partial charge in [0.05, 0.1) is 29.9 Å². The third-order valence-corrected chi connectivity index (χ3v) is 8.44. The normalized spacial score (nSPS) is 17.0. The number of rotatable bonds is 11. The van der Waals surface area contributed by atoms with Gasteiger partial charge in [0.2, 0.25) is 0 Å². The fourth-order valence-electron chi connectivity index (χ4n) is 5.52. The second kappa shape index (κ2) is 12.5. The zero-order chi connectivity index (χ0) is 29.8. The maximum Gasteiger partial charge on any atom is 0.254 e. The summed E-state index contributed by atoms with van der Waals surface area (Å²) in [5.74, 6) is -0.346. The molecule has 218 valence electrons. The summed E-state index contributed by atoms with van der Waals surface area (Å²) in [7, 11) is 0. The molecule has 0 spiro atoms. The van der Waals surface area contributed by atoms with Crippen molar-refractivity contribution in [1.29, 1.82) is 0 Å². The number of carbonyl (C=O) groups is 2. The molecule has 1 aliphatic heterocycles. The Morgan fingerprint density at radius 3 is 2.24 bits per heavy atom. The number of β-amino-alcohol motifs (C(OH)–C–C–N with tert-alkyl or cyclic N) is 1. The van der Waals surface area contributed by atoms with E-state index in [4.69, 9.17) is 0 Å². The quantitative estimate of drug-likeness (QED) is 0.331. The molecule has 0 saturated carbocycles. The highest BCUT2D eigenvalue weighted by molar-refractivity contribution is 5.97. The van der Waals surface area contributed by atoms with Gasteiger partial charge in [0.1, 0.15) is 0 Å². The Bertz CT molecular complexity index is 1360. The summed E-state index contributed by atoms with van der Waals surface area (Å²) < 4.78 is 0. The van der Waals surface area contributed by atoms with Crippen LogP contribution in [0, 0.1) is 0 Å². The molecule has 3 aromatic rings. The Balaban J connectivity index is 1.48. The van der Waals surface area contributed by atoms with Crippen LogP contribution >= 0.6 is 0 Å². The van der Waals surface area contributed by atoms with Crippen LogP contribution in [0.15, 0.2) is 73.1 Å². The fraction of sp³-hybridized carbons (Fsp3) is 0.424. The highest BCUT2D eigenvalue weighted by atomic mass is 16.3. The molecule has 41 heavy (non-hydrogen) atoms. The Hall–Kier alpha value is -3.59. The van der Waals surface area contributed by atoms with Crippen molar-refractivity contribution in [1.82, 2.24) is 14.8 Å². The molecule has 2 amide bonds. The van der Waals surface area contributed by atoms with Gasteiger partial charge in [0.25, 0.3) is 11.8 Å². The highest BCUT2D eigenvalue weighted by Gasteiger charge is 2.48. The minimum atomic E-state index is -0.742. The van der Waals surface area contributed by atoms with E-state index in [1.165, 1.54) is 0 Å². The van der Waals surface area contributed by atoms with E-state index in [0.717, 1.165) is 16.7 Å². The van der Waals surface area contributed by atoms with Gasteiger partial charge in [-0.1, -0.05) is 36.4 Å². The van der Waals surface area contributed by atoms with Crippen LogP contribution < -0.4 is 0 Å². The van der Waals surface area contributed by atoms with Crippen molar-refractivity contribution < 1.29 is 24.9 Å². The van der Waals surface area contributed by atoms with Crippen molar-refractivity contribution >= 4 is 11.8 Å². The minimum absolute atomic E-state index is 0.123. The lowest BCUT2D eigenvalue weighted by Gasteiger charge is -2.52. The first-order valence-electron chi connectivity index (χ1n) is 14.2. The number of aliphatic hydroxyl groups excluding tert-OH is 3. The van der Waals surface area contributed by atoms with Gasteiger partial charge in [-0.05, 0) is 87.9 Å². The molecule has 3 N–H and O–H groups in total. The molecular weight excluding hydrogens is 518 g/mol. The summed E-state index contributed by atoms with van der Waals surface area (Å²) in [4.78, 5) is 34.6. The van der Waals surface area contributed by atoms with Crippen molar-refractivity contribution in [3.63, 3.8) is 0 Å². The van der Waals surface area contributed by atoms with E-state index >= 15 is 0 Å². The van der Waals surface area contributed by atoms with Crippen LogP contribution in [0.2, 0.25) is 0 Å². The number of likely N-dealkylation sites (tertiary alicyclic amines) is 1. The van der Waals surface area contributed by atoms with Crippen LogP contribution in [0.25, 0.3) is 0 Å². The van der Waals surface area contributed by atoms with Crippen LogP contribution in [-0.2, 0) is 18.4 Å². The van der Waals surface area contributed by atoms with E-state index in [-0.39, 0.29) is 31.4 Å². The first-order valence-corrected chi connectivity index (χ1v) is 14.2. The fourth-order valence-corrected chi connectivity index (χ4v) is 5.52. The number of hydrogen-bond acceptors (Lipinski definition) is 6. The van der Waals surface area contributed by atoms with Gasteiger partial charge in [0, 0.05) is 36.6 Å². The Morgan fingerprint density at radius 2 is 1.63 bits per heavy atom. The van der Waals surface area contributed by atoms with Crippen molar-refractivity contribution in [3.05, 3.63) is 101 Å². The topological polar surface area (TPSA) is 114 Å². The number of pyridine rings is 1. The molecule has 0 radical (unpaired) electrons. The molecule has 8 nitrogen and oxygen atoms in total. The third kappa shape index (κ3) is 6.35. The van der Waals surface area contributed by atoms with Crippen LogP contribution in [0.3, 0.4) is 0 Å². The molecule has 8 heteroatoms. The van der Waals surface area contributed by atoms with Gasteiger partial charge < -0.3 is 25.1 Å². The van der Waals surface area contributed by atoms with E-state index in [1.54, 1.807) is 40.4 Å². The zero-order valence-corrected chi connectivity index (χ0v) is 24.3. The number of aliphatic hydroxyl groups is 3. The second-order valence-electron chi connectivity index (χ2n) is 11.8. The SMILES string of the molecule is CC(C)(c1ccncc1)N(CCO)C(=O)c1ccccc1CC(O)CCc1ccccc1C(=O)N1CC(O)C1(C)C. The maximum absolute atomic E-state index is 13.9. The van der Waals surface area contributed by atoms with Gasteiger partial charge in [-0.3, -0.25) is 14.6 Å². The number of aryl methyl sites for hydroxylation is 1. The molecule has 0 bridgehead atoms. The summed E-state index contributed by atoms with van der Waals surface area (Å²) in [6, 6.07) is 18.4. The molecule has 4 rings (SSSR count). The van der Waals surface area contributed by atoms with E-state index in [2.05, 4.69) is 4.98 Å². The molecule has 1 fully saturated rings. The summed E-state index contributed by atoms with van der Waals surface area (Å²) in [6.07, 6.45) is 3.24. The third-order valence-electron chi connectivity index (χ3n) is 8.44. The molecule has 1 aliphatic rings. The molecule has 0 aliphatic carbocycles. The lowest BCUT2D eigenvalue weighted by molar-refractivity contribution is -0.0928. The summed E-state index contributed by atoms with van der Waals surface area (Å²) in [5.41, 5.74) is 2.20. The Labute approximate surface area is 242 Å². The van der Waals surface area contributed by atoms with Crippen molar-refractivity contribution in [2.45, 2.75) is 70.2 Å². The number of benzene rings is 2. The zero-order valence-electron chi connectivity index (χ0n) is 24.3. The molecule has 1 saturated heterocycles.